The number of rotatable bonds is 8. The zero-order valence-electron chi connectivity index (χ0n) is 23.1. The van der Waals surface area contributed by atoms with E-state index in [1.54, 1.807) is 64.2 Å². The van der Waals surface area contributed by atoms with Gasteiger partial charge in [0.05, 0.1) is 39.7 Å². The standard InChI is InChI=1S/C30H36N2O5S/c1-30(2,3)19-11-13-21-25(15-19)38-29(31-17-18-9-8-10-24(36-6)27(18)37-7)26(21)28(33)32-22-16-20(34-4)12-14-23(22)35-5/h8-10,12,14,16-17,19H,11,13,15H2,1-7H3,(H,32,33)/t19-/m0/s1. The highest BCUT2D eigenvalue weighted by atomic mass is 32.1. The molecule has 1 amide bonds. The lowest BCUT2D eigenvalue weighted by Gasteiger charge is -2.33. The van der Waals surface area contributed by atoms with Crippen molar-refractivity contribution in [2.45, 2.75) is 40.0 Å². The third-order valence-electron chi connectivity index (χ3n) is 7.11. The van der Waals surface area contributed by atoms with Gasteiger partial charge in [-0.25, -0.2) is 4.99 Å². The van der Waals surface area contributed by atoms with Gasteiger partial charge in [-0.1, -0.05) is 26.8 Å². The molecule has 2 aromatic carbocycles. The fourth-order valence-corrected chi connectivity index (χ4v) is 6.14. The minimum atomic E-state index is -0.215. The van der Waals surface area contributed by atoms with Crippen molar-refractivity contribution in [3.05, 3.63) is 58.0 Å². The van der Waals surface area contributed by atoms with Crippen molar-refractivity contribution in [2.24, 2.45) is 16.3 Å². The Hall–Kier alpha value is -3.52. The molecule has 202 valence electrons. The van der Waals surface area contributed by atoms with E-state index in [0.717, 1.165) is 30.4 Å². The van der Waals surface area contributed by atoms with Gasteiger partial charge in [0.1, 0.15) is 16.5 Å². The van der Waals surface area contributed by atoms with Crippen molar-refractivity contribution >= 4 is 34.1 Å². The molecule has 1 heterocycles. The topological polar surface area (TPSA) is 78.4 Å². The fourth-order valence-electron chi connectivity index (χ4n) is 4.87. The van der Waals surface area contributed by atoms with Crippen LogP contribution in [0.15, 0.2) is 41.4 Å². The molecule has 1 aliphatic rings. The Bertz CT molecular complexity index is 1340. The van der Waals surface area contributed by atoms with Crippen LogP contribution < -0.4 is 24.3 Å². The van der Waals surface area contributed by atoms with Gasteiger partial charge in [-0.05, 0) is 60.4 Å². The Balaban J connectivity index is 1.77. The minimum Gasteiger partial charge on any atom is -0.497 e. The van der Waals surface area contributed by atoms with Crippen LogP contribution in [0.2, 0.25) is 0 Å². The molecule has 3 aromatic rings. The zero-order valence-corrected chi connectivity index (χ0v) is 24.0. The summed E-state index contributed by atoms with van der Waals surface area (Å²) in [6.07, 6.45) is 4.54. The first kappa shape index (κ1) is 27.5. The van der Waals surface area contributed by atoms with E-state index < -0.39 is 0 Å². The molecule has 1 atom stereocenters. The van der Waals surface area contributed by atoms with Crippen LogP contribution in [0, 0.1) is 11.3 Å². The average Bonchev–Trinajstić information content (AvgIpc) is 3.28. The van der Waals surface area contributed by atoms with E-state index in [0.29, 0.717) is 45.2 Å². The number of benzene rings is 2. The average molecular weight is 537 g/mol. The number of anilines is 1. The summed E-state index contributed by atoms with van der Waals surface area (Å²) in [5.41, 5.74) is 3.20. The number of hydrogen-bond acceptors (Lipinski definition) is 7. The highest BCUT2D eigenvalue weighted by molar-refractivity contribution is 7.16. The molecule has 1 aromatic heterocycles. The van der Waals surface area contributed by atoms with Crippen molar-refractivity contribution in [2.75, 3.05) is 33.8 Å². The van der Waals surface area contributed by atoms with E-state index >= 15 is 0 Å². The van der Waals surface area contributed by atoms with E-state index in [1.165, 1.54) is 4.88 Å². The molecule has 7 nitrogen and oxygen atoms in total. The summed E-state index contributed by atoms with van der Waals surface area (Å²) in [6.45, 7) is 6.85. The summed E-state index contributed by atoms with van der Waals surface area (Å²) in [5, 5.41) is 3.73. The van der Waals surface area contributed by atoms with Crippen LogP contribution in [0.5, 0.6) is 23.0 Å². The first-order valence-electron chi connectivity index (χ1n) is 12.6. The van der Waals surface area contributed by atoms with E-state index in [2.05, 4.69) is 26.1 Å². The van der Waals surface area contributed by atoms with Crippen LogP contribution in [0.25, 0.3) is 0 Å². The summed E-state index contributed by atoms with van der Waals surface area (Å²) >= 11 is 1.59. The summed E-state index contributed by atoms with van der Waals surface area (Å²) in [7, 11) is 6.38. The van der Waals surface area contributed by atoms with E-state index in [1.807, 2.05) is 18.2 Å². The molecular formula is C30H36N2O5S. The smallest absolute Gasteiger partial charge is 0.259 e. The van der Waals surface area contributed by atoms with Gasteiger partial charge >= 0.3 is 0 Å². The SMILES string of the molecule is COc1ccc(OC)c(NC(=O)c2c(N=Cc3cccc(OC)c3OC)sc3c2CC[C@H](C(C)(C)C)C3)c1. The third-order valence-corrected chi connectivity index (χ3v) is 8.27. The Morgan fingerprint density at radius 1 is 1.03 bits per heavy atom. The predicted octanol–water partition coefficient (Wildman–Crippen LogP) is 6.94. The largest absolute Gasteiger partial charge is 0.497 e. The number of carbonyl (C=O) groups excluding carboxylic acids is 1. The molecule has 0 fully saturated rings. The Labute approximate surface area is 228 Å². The van der Waals surface area contributed by atoms with Crippen molar-refractivity contribution in [3.8, 4) is 23.0 Å². The van der Waals surface area contributed by atoms with Crippen LogP contribution in [0.3, 0.4) is 0 Å². The Morgan fingerprint density at radius 2 is 1.79 bits per heavy atom. The minimum absolute atomic E-state index is 0.190. The highest BCUT2D eigenvalue weighted by Gasteiger charge is 2.34. The van der Waals surface area contributed by atoms with Crippen molar-refractivity contribution in [1.82, 2.24) is 0 Å². The van der Waals surface area contributed by atoms with Gasteiger partial charge in [0.2, 0.25) is 0 Å². The second-order valence-electron chi connectivity index (χ2n) is 10.4. The van der Waals surface area contributed by atoms with Crippen molar-refractivity contribution in [1.29, 1.82) is 0 Å². The van der Waals surface area contributed by atoms with E-state index in [9.17, 15) is 4.79 Å². The molecule has 38 heavy (non-hydrogen) atoms. The van der Waals surface area contributed by atoms with Crippen LogP contribution in [0.1, 0.15) is 53.6 Å². The lowest BCUT2D eigenvalue weighted by atomic mass is 9.72. The molecule has 0 radical (unpaired) electrons. The molecule has 0 spiro atoms. The molecule has 0 bridgehead atoms. The molecule has 0 saturated heterocycles. The Morgan fingerprint density at radius 3 is 2.45 bits per heavy atom. The van der Waals surface area contributed by atoms with Gasteiger partial charge in [0, 0.05) is 22.7 Å². The van der Waals surface area contributed by atoms with Gasteiger partial charge in [0.25, 0.3) is 5.91 Å². The first-order chi connectivity index (χ1) is 18.2. The fraction of sp³-hybridized carbons (Fsp3) is 0.400. The number of nitrogens with one attached hydrogen (secondary N) is 1. The Kier molecular flexibility index (Phi) is 8.31. The normalized spacial score (nSPS) is 15.2. The molecule has 0 unspecified atom stereocenters. The number of hydrogen-bond donors (Lipinski definition) is 1. The van der Waals surface area contributed by atoms with Crippen molar-refractivity contribution in [3.63, 3.8) is 0 Å². The molecule has 0 saturated carbocycles. The number of amides is 1. The number of thiophene rings is 1. The molecule has 8 heteroatoms. The lowest BCUT2D eigenvalue weighted by molar-refractivity contribution is 0.102. The van der Waals surface area contributed by atoms with Gasteiger partial charge < -0.3 is 24.3 Å². The first-order valence-corrected chi connectivity index (χ1v) is 13.4. The molecule has 1 aliphatic carbocycles. The summed E-state index contributed by atoms with van der Waals surface area (Å²) in [5.74, 6) is 2.73. The zero-order chi connectivity index (χ0) is 27.4. The molecule has 1 N–H and O–H groups in total. The maximum absolute atomic E-state index is 13.8. The second-order valence-corrected chi connectivity index (χ2v) is 11.4. The molecule has 4 rings (SSSR count). The summed E-state index contributed by atoms with van der Waals surface area (Å²) in [6, 6.07) is 11.0. The van der Waals surface area contributed by atoms with Crippen LogP contribution >= 0.6 is 11.3 Å². The number of ether oxygens (including phenoxy) is 4. The van der Waals surface area contributed by atoms with Gasteiger partial charge in [-0.2, -0.15) is 0 Å². The maximum atomic E-state index is 13.8. The predicted molar refractivity (Wildman–Crippen MR) is 154 cm³/mol. The van der Waals surface area contributed by atoms with E-state index in [4.69, 9.17) is 23.9 Å². The van der Waals surface area contributed by atoms with Crippen molar-refractivity contribution < 1.29 is 23.7 Å². The number of methoxy groups -OCH3 is 4. The lowest BCUT2D eigenvalue weighted by Crippen LogP contribution is -2.27. The number of para-hydroxylation sites is 1. The van der Waals surface area contributed by atoms with Crippen LogP contribution in [-0.4, -0.2) is 40.6 Å². The molecule has 0 aliphatic heterocycles. The summed E-state index contributed by atoms with van der Waals surface area (Å²) < 4.78 is 21.9. The summed E-state index contributed by atoms with van der Waals surface area (Å²) in [4.78, 5) is 19.9. The monoisotopic (exact) mass is 536 g/mol. The highest BCUT2D eigenvalue weighted by Crippen LogP contribution is 2.46. The van der Waals surface area contributed by atoms with E-state index in [-0.39, 0.29) is 11.3 Å². The third kappa shape index (κ3) is 5.65. The van der Waals surface area contributed by atoms with Crippen LogP contribution in [0.4, 0.5) is 10.7 Å². The quantitative estimate of drug-likeness (QED) is 0.316. The van der Waals surface area contributed by atoms with Gasteiger partial charge in [0.15, 0.2) is 11.5 Å². The molecular weight excluding hydrogens is 500 g/mol. The number of fused-ring (bicyclic) bond motifs is 1. The number of carbonyl (C=O) groups is 1. The van der Waals surface area contributed by atoms with Gasteiger partial charge in [-0.15, -0.1) is 11.3 Å². The number of nitrogens with zero attached hydrogens (tertiary/aromatic N) is 1. The van der Waals surface area contributed by atoms with Gasteiger partial charge in [-0.3, -0.25) is 4.79 Å². The second kappa shape index (κ2) is 11.5. The van der Waals surface area contributed by atoms with Crippen LogP contribution in [-0.2, 0) is 12.8 Å². The number of aliphatic imine (C=N–C) groups is 1. The maximum Gasteiger partial charge on any atom is 0.259 e.